The number of carbonyl (C=O) groups is 1. The van der Waals surface area contributed by atoms with E-state index in [4.69, 9.17) is 27.9 Å². The molecule has 0 saturated heterocycles. The maximum atomic E-state index is 13.6. The van der Waals surface area contributed by atoms with E-state index in [-0.39, 0.29) is 27.4 Å². The van der Waals surface area contributed by atoms with Crippen LogP contribution in [-0.4, -0.2) is 33.3 Å². The highest BCUT2D eigenvalue weighted by molar-refractivity contribution is 6.36. The molecular formula is C22H16Cl2F3N3O4. The Bertz CT molecular complexity index is 1250. The van der Waals surface area contributed by atoms with Crippen molar-refractivity contribution in [3.05, 3.63) is 87.4 Å². The van der Waals surface area contributed by atoms with Crippen LogP contribution in [0.3, 0.4) is 0 Å². The van der Waals surface area contributed by atoms with Gasteiger partial charge in [0.05, 0.1) is 29.8 Å². The number of aliphatic hydroxyl groups excluding tert-OH is 1. The molecule has 3 aromatic rings. The Kier molecular flexibility index (Phi) is 7.65. The van der Waals surface area contributed by atoms with Crippen molar-refractivity contribution >= 4 is 46.4 Å². The summed E-state index contributed by atoms with van der Waals surface area (Å²) in [6.07, 6.45) is -5.65. The monoisotopic (exact) mass is 513 g/mol. The van der Waals surface area contributed by atoms with Gasteiger partial charge in [-0.2, -0.15) is 13.2 Å². The molecule has 0 saturated carbocycles. The summed E-state index contributed by atoms with van der Waals surface area (Å²) < 4.78 is 45.5. The van der Waals surface area contributed by atoms with Gasteiger partial charge in [-0.15, -0.1) is 0 Å². The average Bonchev–Trinajstić information content (AvgIpc) is 2.78. The average molecular weight is 514 g/mol. The SMILES string of the molecule is CO/C=C(/C(=O)O)c1ccccc1C(O)c1cc(C(F)(F)F)nc(Nc2ccc(Cl)cc2Cl)n1. The maximum absolute atomic E-state index is 13.6. The maximum Gasteiger partial charge on any atom is 0.433 e. The van der Waals surface area contributed by atoms with Crippen molar-refractivity contribution in [3.8, 4) is 0 Å². The van der Waals surface area contributed by atoms with Gasteiger partial charge in [-0.1, -0.05) is 47.5 Å². The van der Waals surface area contributed by atoms with Crippen LogP contribution in [0.2, 0.25) is 10.0 Å². The van der Waals surface area contributed by atoms with Crippen LogP contribution in [0.4, 0.5) is 24.8 Å². The predicted molar refractivity (Wildman–Crippen MR) is 120 cm³/mol. The number of carboxylic acid groups (broad SMARTS) is 1. The smallest absolute Gasteiger partial charge is 0.433 e. The highest BCUT2D eigenvalue weighted by Crippen LogP contribution is 2.35. The minimum absolute atomic E-state index is 0.00417. The van der Waals surface area contributed by atoms with Gasteiger partial charge >= 0.3 is 12.1 Å². The summed E-state index contributed by atoms with van der Waals surface area (Å²) in [4.78, 5) is 19.2. The Hall–Kier alpha value is -3.34. The normalized spacial score (nSPS) is 12.9. The Morgan fingerprint density at radius 3 is 2.47 bits per heavy atom. The lowest BCUT2D eigenvalue weighted by Gasteiger charge is -2.18. The van der Waals surface area contributed by atoms with E-state index in [0.717, 1.165) is 6.26 Å². The highest BCUT2D eigenvalue weighted by Gasteiger charge is 2.35. The summed E-state index contributed by atoms with van der Waals surface area (Å²) in [7, 11) is 1.24. The molecule has 0 fully saturated rings. The Labute approximate surface area is 201 Å². The Morgan fingerprint density at radius 1 is 1.15 bits per heavy atom. The number of aliphatic hydroxyl groups is 1. The molecular weight excluding hydrogens is 498 g/mol. The van der Waals surface area contributed by atoms with E-state index in [2.05, 4.69) is 15.3 Å². The third kappa shape index (κ3) is 5.77. The highest BCUT2D eigenvalue weighted by atomic mass is 35.5. The zero-order valence-electron chi connectivity index (χ0n) is 17.3. The fourth-order valence-corrected chi connectivity index (χ4v) is 3.46. The van der Waals surface area contributed by atoms with Crippen LogP contribution in [0, 0.1) is 0 Å². The standard InChI is InChI=1S/C22H16Cl2F3N3O4/c1-34-10-14(20(32)33)12-4-2-3-5-13(12)19(31)17-9-18(22(25,26)27)30-21(29-17)28-16-7-6-11(23)8-15(16)24/h2-10,19,31H,1H3,(H,32,33)(H,28,29,30)/b14-10+. The number of benzene rings is 2. The van der Waals surface area contributed by atoms with Crippen molar-refractivity contribution in [2.24, 2.45) is 0 Å². The number of methoxy groups -OCH3 is 1. The summed E-state index contributed by atoms with van der Waals surface area (Å²) >= 11 is 11.9. The van der Waals surface area contributed by atoms with Crippen molar-refractivity contribution in [3.63, 3.8) is 0 Å². The van der Waals surface area contributed by atoms with Crippen LogP contribution >= 0.6 is 23.2 Å². The number of hydrogen-bond donors (Lipinski definition) is 3. The van der Waals surface area contributed by atoms with Crippen LogP contribution in [0.25, 0.3) is 5.57 Å². The topological polar surface area (TPSA) is 105 Å². The van der Waals surface area contributed by atoms with Crippen LogP contribution in [0.1, 0.15) is 28.6 Å². The summed E-state index contributed by atoms with van der Waals surface area (Å²) in [5, 5.41) is 23.5. The van der Waals surface area contributed by atoms with E-state index in [1.165, 1.54) is 49.6 Å². The van der Waals surface area contributed by atoms with Crippen molar-refractivity contribution < 1.29 is 32.9 Å². The molecule has 2 aromatic carbocycles. The minimum Gasteiger partial charge on any atom is -0.503 e. The largest absolute Gasteiger partial charge is 0.503 e. The number of aromatic nitrogens is 2. The molecule has 3 N–H and O–H groups in total. The lowest BCUT2D eigenvalue weighted by atomic mass is 9.95. The van der Waals surface area contributed by atoms with E-state index < -0.39 is 35.6 Å². The molecule has 1 unspecified atom stereocenters. The van der Waals surface area contributed by atoms with Crippen molar-refractivity contribution in [2.45, 2.75) is 12.3 Å². The second kappa shape index (κ2) is 10.3. The number of carboxylic acids is 1. The third-order valence-corrected chi connectivity index (χ3v) is 5.05. The zero-order chi connectivity index (χ0) is 25.0. The van der Waals surface area contributed by atoms with Crippen LogP contribution < -0.4 is 5.32 Å². The van der Waals surface area contributed by atoms with E-state index in [1.54, 1.807) is 0 Å². The van der Waals surface area contributed by atoms with Gasteiger partial charge in [0.15, 0.2) is 0 Å². The molecule has 0 amide bonds. The van der Waals surface area contributed by atoms with Crippen molar-refractivity contribution in [1.82, 2.24) is 9.97 Å². The van der Waals surface area contributed by atoms with Crippen LogP contribution in [0.15, 0.2) is 54.8 Å². The molecule has 178 valence electrons. The van der Waals surface area contributed by atoms with Gasteiger partial charge < -0.3 is 20.3 Å². The number of nitrogens with zero attached hydrogens (tertiary/aromatic N) is 2. The number of ether oxygens (including phenoxy) is 1. The number of halogens is 5. The molecule has 0 aliphatic rings. The van der Waals surface area contributed by atoms with E-state index in [1.807, 2.05) is 0 Å². The molecule has 1 atom stereocenters. The first-order valence-corrected chi connectivity index (χ1v) is 10.2. The number of alkyl halides is 3. The van der Waals surface area contributed by atoms with Crippen LogP contribution in [0.5, 0.6) is 0 Å². The molecule has 12 heteroatoms. The summed E-state index contributed by atoms with van der Waals surface area (Å²) in [6, 6.07) is 10.6. The first-order valence-electron chi connectivity index (χ1n) is 9.43. The Balaban J connectivity index is 2.12. The number of hydrogen-bond acceptors (Lipinski definition) is 6. The number of aliphatic carboxylic acids is 1. The molecule has 0 aliphatic heterocycles. The van der Waals surface area contributed by atoms with Crippen molar-refractivity contribution in [1.29, 1.82) is 0 Å². The lowest BCUT2D eigenvalue weighted by Crippen LogP contribution is -2.15. The first-order chi connectivity index (χ1) is 16.0. The van der Waals surface area contributed by atoms with Gasteiger partial charge in [0.1, 0.15) is 17.4 Å². The van der Waals surface area contributed by atoms with Crippen molar-refractivity contribution in [2.75, 3.05) is 12.4 Å². The van der Waals surface area contributed by atoms with E-state index >= 15 is 0 Å². The fourth-order valence-electron chi connectivity index (χ4n) is 3.01. The molecule has 0 bridgehead atoms. The second-order valence-corrected chi connectivity index (χ2v) is 7.65. The van der Waals surface area contributed by atoms with E-state index in [0.29, 0.717) is 11.1 Å². The van der Waals surface area contributed by atoms with Gasteiger partial charge in [-0.25, -0.2) is 14.8 Å². The fraction of sp³-hybridized carbons (Fsp3) is 0.136. The summed E-state index contributed by atoms with van der Waals surface area (Å²) in [5.74, 6) is -1.85. The van der Waals surface area contributed by atoms with E-state index in [9.17, 15) is 28.2 Å². The summed E-state index contributed by atoms with van der Waals surface area (Å²) in [6.45, 7) is 0. The molecule has 1 aromatic heterocycles. The van der Waals surface area contributed by atoms with Gasteiger partial charge in [-0.3, -0.25) is 0 Å². The molecule has 7 nitrogen and oxygen atoms in total. The number of anilines is 2. The van der Waals surface area contributed by atoms with Gasteiger partial charge in [0.25, 0.3) is 0 Å². The van der Waals surface area contributed by atoms with Gasteiger partial charge in [0, 0.05) is 5.02 Å². The predicted octanol–water partition coefficient (Wildman–Crippen LogP) is 5.70. The lowest BCUT2D eigenvalue weighted by molar-refractivity contribution is -0.141. The zero-order valence-corrected chi connectivity index (χ0v) is 18.8. The van der Waals surface area contributed by atoms with Gasteiger partial charge in [0.2, 0.25) is 5.95 Å². The molecule has 0 spiro atoms. The Morgan fingerprint density at radius 2 is 1.85 bits per heavy atom. The second-order valence-electron chi connectivity index (χ2n) is 6.81. The molecule has 0 radical (unpaired) electrons. The summed E-state index contributed by atoms with van der Waals surface area (Å²) in [5.41, 5.74) is -1.85. The van der Waals surface area contributed by atoms with Gasteiger partial charge in [-0.05, 0) is 35.4 Å². The molecule has 0 aliphatic carbocycles. The number of nitrogens with one attached hydrogen (secondary N) is 1. The molecule has 3 rings (SSSR count). The van der Waals surface area contributed by atoms with Crippen LogP contribution in [-0.2, 0) is 15.7 Å². The molecule has 1 heterocycles. The first kappa shape index (κ1) is 25.3. The quantitative estimate of drug-likeness (QED) is 0.275. The molecule has 34 heavy (non-hydrogen) atoms. The number of rotatable bonds is 7. The third-order valence-electron chi connectivity index (χ3n) is 4.51. The minimum atomic E-state index is -4.86.